The summed E-state index contributed by atoms with van der Waals surface area (Å²) in [6.07, 6.45) is 6.01. The van der Waals surface area contributed by atoms with Crippen molar-refractivity contribution in [3.63, 3.8) is 0 Å². The fourth-order valence-corrected chi connectivity index (χ4v) is 2.68. The fraction of sp³-hybridized carbons (Fsp3) is 0.130. The number of carbonyl (C=O) groups excluding carboxylic acids is 1. The number of carbonyl (C=O) groups is 1. The van der Waals surface area contributed by atoms with Crippen molar-refractivity contribution >= 4 is 17.7 Å². The van der Waals surface area contributed by atoms with Gasteiger partial charge >= 0.3 is 0 Å². The Bertz CT molecular complexity index is 1050. The molecule has 0 bridgehead atoms. The Balaban J connectivity index is 1.70. The molecule has 0 N–H and O–H groups in total. The number of nitrogens with zero attached hydrogens (tertiary/aromatic N) is 2. The van der Waals surface area contributed by atoms with E-state index in [-0.39, 0.29) is 11.7 Å². The summed E-state index contributed by atoms with van der Waals surface area (Å²) in [5.41, 5.74) is 1.16. The van der Waals surface area contributed by atoms with E-state index < -0.39 is 5.82 Å². The van der Waals surface area contributed by atoms with Crippen LogP contribution in [0.2, 0.25) is 0 Å². The van der Waals surface area contributed by atoms with Crippen LogP contribution in [-0.2, 0) is 4.79 Å². The number of aromatic nitrogens is 1. The van der Waals surface area contributed by atoms with E-state index in [9.17, 15) is 9.18 Å². The second kappa shape index (κ2) is 9.56. The van der Waals surface area contributed by atoms with Crippen LogP contribution in [0.3, 0.4) is 0 Å². The molecule has 7 heteroatoms. The standard InChI is InChI=1S/C23H21FN2O4/c1-26(17-8-10-21(28-2)22(14-17)29-3)23(27)11-7-16-6-9-20(19(24)13-16)30-18-5-4-12-25-15-18/h4-15H,1-3H3/b11-7+. The summed E-state index contributed by atoms with van der Waals surface area (Å²) in [6, 6.07) is 13.0. The molecule has 6 nitrogen and oxygen atoms in total. The van der Waals surface area contributed by atoms with Gasteiger partial charge in [-0.05, 0) is 48.0 Å². The molecule has 3 aromatic rings. The summed E-state index contributed by atoms with van der Waals surface area (Å²) >= 11 is 0. The molecular weight excluding hydrogens is 387 g/mol. The first-order chi connectivity index (χ1) is 14.5. The molecule has 0 unspecified atom stereocenters. The third-order valence-electron chi connectivity index (χ3n) is 4.32. The van der Waals surface area contributed by atoms with Gasteiger partial charge in [0, 0.05) is 31.1 Å². The van der Waals surface area contributed by atoms with Gasteiger partial charge in [-0.25, -0.2) is 4.39 Å². The first-order valence-corrected chi connectivity index (χ1v) is 9.07. The van der Waals surface area contributed by atoms with E-state index in [1.165, 1.54) is 42.5 Å². The van der Waals surface area contributed by atoms with E-state index in [4.69, 9.17) is 14.2 Å². The quantitative estimate of drug-likeness (QED) is 0.530. The van der Waals surface area contributed by atoms with Gasteiger partial charge in [0.2, 0.25) is 0 Å². The van der Waals surface area contributed by atoms with E-state index in [0.29, 0.717) is 28.5 Å². The second-order valence-electron chi connectivity index (χ2n) is 6.25. The molecule has 0 atom stereocenters. The molecule has 0 aliphatic rings. The number of ether oxygens (including phenoxy) is 3. The van der Waals surface area contributed by atoms with E-state index >= 15 is 0 Å². The summed E-state index contributed by atoms with van der Waals surface area (Å²) < 4.78 is 30.3. The van der Waals surface area contributed by atoms with Crippen LogP contribution in [0.15, 0.2) is 67.0 Å². The molecule has 3 rings (SSSR count). The van der Waals surface area contributed by atoms with Crippen LogP contribution in [0.5, 0.6) is 23.0 Å². The summed E-state index contributed by atoms with van der Waals surface area (Å²) in [5, 5.41) is 0. The maximum absolute atomic E-state index is 14.3. The Labute approximate surface area is 174 Å². The highest BCUT2D eigenvalue weighted by Crippen LogP contribution is 2.31. The lowest BCUT2D eigenvalue weighted by molar-refractivity contribution is -0.113. The predicted molar refractivity (Wildman–Crippen MR) is 113 cm³/mol. The first-order valence-electron chi connectivity index (χ1n) is 9.07. The Kier molecular flexibility index (Phi) is 6.64. The summed E-state index contributed by atoms with van der Waals surface area (Å²) in [7, 11) is 4.71. The summed E-state index contributed by atoms with van der Waals surface area (Å²) in [5.74, 6) is 0.784. The van der Waals surface area contributed by atoms with Crippen LogP contribution in [-0.4, -0.2) is 32.2 Å². The van der Waals surface area contributed by atoms with Gasteiger partial charge in [-0.1, -0.05) is 6.07 Å². The number of likely N-dealkylation sites (N-methyl/N-ethyl adjacent to an activating group) is 1. The molecule has 2 aromatic carbocycles. The highest BCUT2D eigenvalue weighted by atomic mass is 19.1. The van der Waals surface area contributed by atoms with Crippen LogP contribution in [0.25, 0.3) is 6.08 Å². The Morgan fingerprint density at radius 3 is 2.47 bits per heavy atom. The topological polar surface area (TPSA) is 60.9 Å². The summed E-state index contributed by atoms with van der Waals surface area (Å²) in [4.78, 5) is 17.9. The predicted octanol–water partition coefficient (Wildman–Crippen LogP) is 4.71. The number of hydrogen-bond acceptors (Lipinski definition) is 5. The van der Waals surface area contributed by atoms with Crippen molar-refractivity contribution in [2.24, 2.45) is 0 Å². The number of rotatable bonds is 7. The number of amides is 1. The smallest absolute Gasteiger partial charge is 0.250 e. The number of benzene rings is 2. The summed E-state index contributed by atoms with van der Waals surface area (Å²) in [6.45, 7) is 0. The third-order valence-corrected chi connectivity index (χ3v) is 4.32. The molecule has 30 heavy (non-hydrogen) atoms. The highest BCUT2D eigenvalue weighted by Gasteiger charge is 2.12. The Morgan fingerprint density at radius 1 is 1.03 bits per heavy atom. The SMILES string of the molecule is COc1ccc(N(C)C(=O)/C=C/c2ccc(Oc3cccnc3)c(F)c2)cc1OC. The maximum Gasteiger partial charge on any atom is 0.250 e. The van der Waals surface area contributed by atoms with Crippen LogP contribution in [0.1, 0.15) is 5.56 Å². The second-order valence-corrected chi connectivity index (χ2v) is 6.25. The third kappa shape index (κ3) is 4.94. The van der Waals surface area contributed by atoms with Crippen LogP contribution in [0.4, 0.5) is 10.1 Å². The van der Waals surface area contributed by atoms with Crippen molar-refractivity contribution in [3.05, 3.63) is 78.4 Å². The van der Waals surface area contributed by atoms with Crippen molar-refractivity contribution in [1.29, 1.82) is 0 Å². The van der Waals surface area contributed by atoms with E-state index in [0.717, 1.165) is 0 Å². The molecule has 0 fully saturated rings. The van der Waals surface area contributed by atoms with Crippen molar-refractivity contribution in [2.45, 2.75) is 0 Å². The fourth-order valence-electron chi connectivity index (χ4n) is 2.68. The minimum absolute atomic E-state index is 0.0777. The molecule has 1 amide bonds. The lowest BCUT2D eigenvalue weighted by Gasteiger charge is -2.17. The lowest BCUT2D eigenvalue weighted by atomic mass is 10.2. The van der Waals surface area contributed by atoms with Gasteiger partial charge in [-0.3, -0.25) is 9.78 Å². The van der Waals surface area contributed by atoms with Crippen molar-refractivity contribution in [2.75, 3.05) is 26.2 Å². The van der Waals surface area contributed by atoms with Gasteiger partial charge in [0.25, 0.3) is 5.91 Å². The normalized spacial score (nSPS) is 10.7. The molecule has 0 spiro atoms. The van der Waals surface area contributed by atoms with Crippen molar-refractivity contribution in [3.8, 4) is 23.0 Å². The number of hydrogen-bond donors (Lipinski definition) is 0. The van der Waals surface area contributed by atoms with Gasteiger partial charge < -0.3 is 19.1 Å². The molecule has 0 radical (unpaired) electrons. The average Bonchev–Trinajstić information content (AvgIpc) is 2.78. The van der Waals surface area contributed by atoms with Gasteiger partial charge in [-0.2, -0.15) is 0 Å². The van der Waals surface area contributed by atoms with Crippen molar-refractivity contribution < 1.29 is 23.4 Å². The van der Waals surface area contributed by atoms with Gasteiger partial charge in [0.1, 0.15) is 5.75 Å². The lowest BCUT2D eigenvalue weighted by Crippen LogP contribution is -2.23. The molecular formula is C23H21FN2O4. The average molecular weight is 408 g/mol. The van der Waals surface area contributed by atoms with Crippen LogP contribution >= 0.6 is 0 Å². The number of methoxy groups -OCH3 is 2. The Morgan fingerprint density at radius 2 is 1.80 bits per heavy atom. The number of pyridine rings is 1. The number of halogens is 1. The monoisotopic (exact) mass is 408 g/mol. The number of anilines is 1. The van der Waals surface area contributed by atoms with Gasteiger partial charge in [0.05, 0.1) is 20.4 Å². The molecule has 1 heterocycles. The van der Waals surface area contributed by atoms with Gasteiger partial charge in [-0.15, -0.1) is 0 Å². The zero-order valence-corrected chi connectivity index (χ0v) is 16.8. The van der Waals surface area contributed by atoms with Gasteiger partial charge in [0.15, 0.2) is 23.1 Å². The molecule has 0 saturated carbocycles. The zero-order chi connectivity index (χ0) is 21.5. The zero-order valence-electron chi connectivity index (χ0n) is 16.8. The molecule has 0 aliphatic heterocycles. The molecule has 154 valence electrons. The molecule has 0 aliphatic carbocycles. The van der Waals surface area contributed by atoms with Crippen LogP contribution < -0.4 is 19.1 Å². The van der Waals surface area contributed by atoms with Crippen molar-refractivity contribution in [1.82, 2.24) is 4.98 Å². The minimum Gasteiger partial charge on any atom is -0.493 e. The van der Waals surface area contributed by atoms with E-state index in [1.54, 1.807) is 56.8 Å². The minimum atomic E-state index is -0.540. The van der Waals surface area contributed by atoms with Crippen LogP contribution in [0, 0.1) is 5.82 Å². The Hall–Kier alpha value is -3.87. The maximum atomic E-state index is 14.3. The van der Waals surface area contributed by atoms with E-state index in [1.807, 2.05) is 0 Å². The highest BCUT2D eigenvalue weighted by molar-refractivity contribution is 6.03. The largest absolute Gasteiger partial charge is 0.493 e. The molecule has 1 aromatic heterocycles. The first kappa shape index (κ1) is 20.9. The molecule has 0 saturated heterocycles. The van der Waals surface area contributed by atoms with E-state index in [2.05, 4.69) is 4.98 Å².